The summed E-state index contributed by atoms with van der Waals surface area (Å²) in [4.78, 5) is 73.1. The molecule has 0 aliphatic rings. The summed E-state index contributed by atoms with van der Waals surface area (Å²) in [5, 5.41) is 10.7. The Kier molecular flexibility index (Phi) is 74.6. The van der Waals surface area contributed by atoms with Crippen molar-refractivity contribution in [1.29, 1.82) is 0 Å². The van der Waals surface area contributed by atoms with Crippen molar-refractivity contribution in [3.8, 4) is 0 Å². The van der Waals surface area contributed by atoms with E-state index >= 15 is 0 Å². The maximum absolute atomic E-state index is 13.1. The molecule has 0 amide bonds. The Bertz CT molecular complexity index is 2300. The van der Waals surface area contributed by atoms with E-state index in [1.807, 2.05) is 0 Å². The van der Waals surface area contributed by atoms with Crippen LogP contribution in [0.25, 0.3) is 0 Å². The average Bonchev–Trinajstić information content (AvgIpc) is 0.918. The Labute approximate surface area is 634 Å². The molecule has 0 saturated heterocycles. The van der Waals surface area contributed by atoms with Crippen LogP contribution in [-0.4, -0.2) is 96.7 Å². The molecule has 3 N–H and O–H groups in total. The van der Waals surface area contributed by atoms with Crippen molar-refractivity contribution in [2.45, 2.75) is 393 Å². The number of esters is 4. The van der Waals surface area contributed by atoms with Crippen LogP contribution in [0.1, 0.15) is 374 Å². The fraction of sp³-hybridized carbons (Fsp3) is 0.788. The van der Waals surface area contributed by atoms with Crippen LogP contribution in [0.5, 0.6) is 0 Å². The molecule has 0 bridgehead atoms. The number of aliphatic hydroxyl groups excluding tert-OH is 1. The molecule has 17 nitrogen and oxygen atoms in total. The van der Waals surface area contributed by atoms with Crippen LogP contribution >= 0.6 is 15.6 Å². The number of hydrogen-bond donors (Lipinski definition) is 3. The first kappa shape index (κ1) is 100. The van der Waals surface area contributed by atoms with Crippen molar-refractivity contribution >= 4 is 39.5 Å². The Morgan fingerprint density at radius 1 is 0.279 bits per heavy atom. The molecule has 0 spiro atoms. The predicted octanol–water partition coefficient (Wildman–Crippen LogP) is 24.6. The van der Waals surface area contributed by atoms with Gasteiger partial charge >= 0.3 is 39.5 Å². The van der Waals surface area contributed by atoms with Crippen LogP contribution in [0, 0.1) is 0 Å². The number of aliphatic hydroxyl groups is 1. The second kappa shape index (κ2) is 77.4. The molecule has 19 heteroatoms. The molecule has 5 atom stereocenters. The lowest BCUT2D eigenvalue weighted by Gasteiger charge is -2.21. The van der Waals surface area contributed by atoms with Gasteiger partial charge in [0.15, 0.2) is 12.2 Å². The number of ether oxygens (including phenoxy) is 4. The molecule has 0 saturated carbocycles. The molecule has 0 aliphatic carbocycles. The van der Waals surface area contributed by atoms with E-state index in [1.54, 1.807) is 0 Å². The number of carbonyl (C=O) groups is 4. The van der Waals surface area contributed by atoms with Crippen LogP contribution in [0.15, 0.2) is 85.1 Å². The van der Waals surface area contributed by atoms with Gasteiger partial charge < -0.3 is 33.8 Å². The highest BCUT2D eigenvalue weighted by Gasteiger charge is 2.30. The maximum Gasteiger partial charge on any atom is 0.472 e. The minimum absolute atomic E-state index is 0.0868. The fourth-order valence-electron chi connectivity index (χ4n) is 11.5. The summed E-state index contributed by atoms with van der Waals surface area (Å²) < 4.78 is 68.7. The van der Waals surface area contributed by atoms with Crippen LogP contribution in [-0.2, 0) is 65.4 Å². The second-order valence-corrected chi connectivity index (χ2v) is 30.9. The molecule has 0 aromatic carbocycles. The monoisotopic (exact) mass is 1510 g/mol. The van der Waals surface area contributed by atoms with Gasteiger partial charge in [0.25, 0.3) is 0 Å². The normalized spacial score (nSPS) is 14.3. The van der Waals surface area contributed by atoms with Gasteiger partial charge in [-0.05, 0) is 122 Å². The van der Waals surface area contributed by atoms with Gasteiger partial charge in [-0.2, -0.15) is 0 Å². The van der Waals surface area contributed by atoms with E-state index in [9.17, 15) is 43.2 Å². The van der Waals surface area contributed by atoms with E-state index in [-0.39, 0.29) is 25.7 Å². The third kappa shape index (κ3) is 76.4. The van der Waals surface area contributed by atoms with Gasteiger partial charge in [-0.3, -0.25) is 37.3 Å². The van der Waals surface area contributed by atoms with Crippen LogP contribution in [0.3, 0.4) is 0 Å². The quantitative estimate of drug-likeness (QED) is 0.0169. The van der Waals surface area contributed by atoms with Gasteiger partial charge in [-0.1, -0.05) is 312 Å². The predicted molar refractivity (Wildman–Crippen MR) is 427 cm³/mol. The van der Waals surface area contributed by atoms with Crippen molar-refractivity contribution in [1.82, 2.24) is 0 Å². The lowest BCUT2D eigenvalue weighted by Crippen LogP contribution is -2.30. The third-order valence-corrected chi connectivity index (χ3v) is 19.7. The molecule has 0 aromatic rings. The number of phosphoric ester groups is 2. The smallest absolute Gasteiger partial charge is 0.462 e. The number of phosphoric acid groups is 2. The minimum atomic E-state index is -4.98. The van der Waals surface area contributed by atoms with Crippen LogP contribution < -0.4 is 0 Å². The summed E-state index contributed by atoms with van der Waals surface area (Å²) in [6.07, 6.45) is 81.2. The van der Waals surface area contributed by atoms with E-state index < -0.39 is 97.5 Å². The topological polar surface area (TPSA) is 237 Å². The molecule has 0 fully saturated rings. The highest BCUT2D eigenvalue weighted by atomic mass is 31.2. The summed E-state index contributed by atoms with van der Waals surface area (Å²) in [7, 11) is -9.96. The lowest BCUT2D eigenvalue weighted by atomic mass is 10.0. The number of unbranched alkanes of at least 4 members (excludes halogenated alkanes) is 39. The van der Waals surface area contributed by atoms with Gasteiger partial charge in [0, 0.05) is 25.7 Å². The largest absolute Gasteiger partial charge is 0.472 e. The zero-order valence-electron chi connectivity index (χ0n) is 66.2. The van der Waals surface area contributed by atoms with Crippen molar-refractivity contribution < 1.29 is 80.2 Å². The third-order valence-electron chi connectivity index (χ3n) is 17.8. The molecule has 0 aliphatic heterocycles. The highest BCUT2D eigenvalue weighted by molar-refractivity contribution is 7.47. The second-order valence-electron chi connectivity index (χ2n) is 28.0. The van der Waals surface area contributed by atoms with Crippen molar-refractivity contribution in [3.63, 3.8) is 0 Å². The molecule has 0 radical (unpaired) electrons. The first-order valence-electron chi connectivity index (χ1n) is 41.8. The highest BCUT2D eigenvalue weighted by Crippen LogP contribution is 2.45. The zero-order chi connectivity index (χ0) is 76.0. The molecule has 604 valence electrons. The maximum atomic E-state index is 13.1. The van der Waals surface area contributed by atoms with Gasteiger partial charge in [-0.25, -0.2) is 9.13 Å². The fourth-order valence-corrected chi connectivity index (χ4v) is 13.1. The van der Waals surface area contributed by atoms with Crippen molar-refractivity contribution in [3.05, 3.63) is 85.1 Å². The molecule has 104 heavy (non-hydrogen) atoms. The molecular formula is C85H152O17P2. The summed E-state index contributed by atoms with van der Waals surface area (Å²) >= 11 is 0. The Hall–Kier alpha value is -3.76. The van der Waals surface area contributed by atoms with E-state index in [2.05, 4.69) is 113 Å². The Morgan fingerprint density at radius 3 is 0.798 bits per heavy atom. The summed E-state index contributed by atoms with van der Waals surface area (Å²) in [5.74, 6) is -2.19. The summed E-state index contributed by atoms with van der Waals surface area (Å²) in [5.41, 5.74) is 0. The summed E-state index contributed by atoms with van der Waals surface area (Å²) in [6, 6.07) is 0. The zero-order valence-corrected chi connectivity index (χ0v) is 68.0. The number of carbonyl (C=O) groups excluding carboxylic acids is 4. The Morgan fingerprint density at radius 2 is 0.500 bits per heavy atom. The van der Waals surface area contributed by atoms with E-state index in [4.69, 9.17) is 37.0 Å². The average molecular weight is 1510 g/mol. The van der Waals surface area contributed by atoms with Crippen molar-refractivity contribution in [2.24, 2.45) is 0 Å². The Balaban J connectivity index is 5.37. The van der Waals surface area contributed by atoms with E-state index in [0.29, 0.717) is 25.7 Å². The number of allylic oxidation sites excluding steroid dienone is 14. The van der Waals surface area contributed by atoms with Gasteiger partial charge in [0.05, 0.1) is 26.4 Å². The summed E-state index contributed by atoms with van der Waals surface area (Å²) in [6.45, 7) is 4.77. The standard InChI is InChI=1S/C85H152O17P2/c1-5-9-13-17-21-25-29-33-37-38-39-40-44-46-50-54-58-62-66-70-83(88)96-76-81(102-85(90)72-68-64-60-56-52-48-43-36-32-28-24-20-16-12-8-4)78-100-104(93,94)98-74-79(86)73-97-103(91,92)99-77-80(101-84(89)71-67-63-59-55-51-47-42-35-31-27-23-19-15-11-7-3)75-95-82(87)69-65-61-57-53-49-45-41-34-30-26-22-18-14-10-6-2/h9,13,21,25-26,30,33,35,37,39-40,42,46,50,79-81,86H,5-8,10-12,14-20,22-24,27-29,31-32,34,36,38,41,43-45,47-49,51-78H2,1-4H3,(H,91,92)(H,93,94)/b13-9-,25-21-,30-26-,37-33-,40-39-,42-35-,50-46-/t79-,80+,81+/m0/s1. The van der Waals surface area contributed by atoms with E-state index in [1.165, 1.54) is 141 Å². The molecule has 0 aromatic heterocycles. The molecule has 0 rings (SSSR count). The number of rotatable bonds is 79. The first-order valence-corrected chi connectivity index (χ1v) is 44.8. The van der Waals surface area contributed by atoms with Crippen molar-refractivity contribution in [2.75, 3.05) is 39.6 Å². The number of hydrogen-bond acceptors (Lipinski definition) is 15. The van der Waals surface area contributed by atoms with Gasteiger partial charge in [0.2, 0.25) is 0 Å². The molecule has 0 heterocycles. The van der Waals surface area contributed by atoms with E-state index in [0.717, 1.165) is 154 Å². The SMILES string of the molecule is CC/C=C\C/C=C\C/C=C\C/C=C\C/C=C\CCCCCC(=O)OC[C@H](COP(=O)(O)OC[C@@H](O)COP(=O)(O)OC[C@@H](COC(=O)CCCCCCCCC/C=C\CCCCCC)OC(=O)CCCCCCC/C=C\CCCCCCCC)OC(=O)CCCCCCCCCCCCCCCCC. The lowest BCUT2D eigenvalue weighted by molar-refractivity contribution is -0.161. The molecule has 2 unspecified atom stereocenters. The molecular weight excluding hydrogens is 1350 g/mol. The first-order chi connectivity index (χ1) is 50.7. The van der Waals surface area contributed by atoms with Crippen LogP contribution in [0.4, 0.5) is 0 Å². The minimum Gasteiger partial charge on any atom is -0.462 e. The van der Waals surface area contributed by atoms with Gasteiger partial charge in [0.1, 0.15) is 19.3 Å². The van der Waals surface area contributed by atoms with Gasteiger partial charge in [-0.15, -0.1) is 0 Å². The van der Waals surface area contributed by atoms with Crippen LogP contribution in [0.2, 0.25) is 0 Å².